The number of fused-ring (bicyclic) bond motifs is 16. The predicted octanol–water partition coefficient (Wildman–Crippen LogP) is 14.3. The molecule has 0 N–H and O–H groups in total. The number of hydrogen-bond acceptors (Lipinski definition) is 2. The second-order valence-electron chi connectivity index (χ2n) is 19.1. The third kappa shape index (κ3) is 4.39. The average Bonchev–Trinajstić information content (AvgIpc) is 3.88. The number of rotatable bonds is 0. The van der Waals surface area contributed by atoms with Gasteiger partial charge in [0, 0.05) is 91.0 Å². The van der Waals surface area contributed by atoms with Crippen LogP contribution in [-0.4, -0.2) is 8.80 Å². The Labute approximate surface area is 336 Å². The van der Waals surface area contributed by atoms with Crippen molar-refractivity contribution in [3.8, 4) is 12.1 Å². The quantitative estimate of drug-likeness (QED) is 0.143. The first-order valence-electron chi connectivity index (χ1n) is 19.8. The monoisotopic (exact) mass is 818 g/mol. The highest BCUT2D eigenvalue weighted by Crippen LogP contribution is 2.58. The fourth-order valence-corrected chi connectivity index (χ4v) is 10.6. The minimum absolute atomic E-state index is 0.0391. The lowest BCUT2D eigenvalue weighted by Gasteiger charge is -2.32. The van der Waals surface area contributed by atoms with Gasteiger partial charge >= 0.3 is 0 Å². The van der Waals surface area contributed by atoms with Crippen molar-refractivity contribution < 1.29 is 35.1 Å². The molecule has 5 aromatic carbocycles. The van der Waals surface area contributed by atoms with Crippen LogP contribution in [0.15, 0.2) is 48.5 Å². The van der Waals surface area contributed by atoms with E-state index in [0.29, 0.717) is 54.4 Å². The molecule has 0 fully saturated rings. The van der Waals surface area contributed by atoms with Gasteiger partial charge < -0.3 is 8.80 Å². The van der Waals surface area contributed by atoms with Crippen molar-refractivity contribution >= 4 is 76.2 Å². The van der Waals surface area contributed by atoms with Crippen molar-refractivity contribution in [2.75, 3.05) is 0 Å². The van der Waals surface area contributed by atoms with Crippen molar-refractivity contribution in [2.45, 2.75) is 102 Å². The summed E-state index contributed by atoms with van der Waals surface area (Å²) in [5.74, 6) is -14.7. The lowest BCUT2D eigenvalue weighted by Crippen LogP contribution is -2.31. The molecule has 302 valence electrons. The smallest absolute Gasteiger partial charge is 0.275 e. The van der Waals surface area contributed by atoms with Gasteiger partial charge in [-0.15, -0.1) is 0 Å². The fourth-order valence-electron chi connectivity index (χ4n) is 10.6. The van der Waals surface area contributed by atoms with Crippen molar-refractivity contribution in [1.29, 1.82) is 10.5 Å². The molecule has 0 saturated carbocycles. The van der Waals surface area contributed by atoms with Crippen molar-refractivity contribution in [1.82, 2.24) is 8.80 Å². The number of benzene rings is 5. The standard InChI is InChI=1S/C48H34F8N4/c1-43(2,3)23-13-27-25-17-32-26(18-31(25)59-33-11-21(19-57)37-39(35(33)29(15-23)41(27)59)47(53,54)9-7-45(37,49)50)28-14-24(44(4,5)6)16-30-36-34(60(32)42(28)30)12-22(20-58)38-40(36)48(55,56)10-8-46(38,51)52/h11-18H,7-10H2,1-6H3. The van der Waals surface area contributed by atoms with Crippen LogP contribution in [0, 0.1) is 22.7 Å². The van der Waals surface area contributed by atoms with Gasteiger partial charge in [-0.2, -0.15) is 10.5 Å². The summed E-state index contributed by atoms with van der Waals surface area (Å²) in [6, 6.07) is 17.3. The third-order valence-electron chi connectivity index (χ3n) is 13.4. The van der Waals surface area contributed by atoms with Crippen molar-refractivity contribution in [3.05, 3.63) is 93.0 Å². The molecule has 0 amide bonds. The predicted molar refractivity (Wildman–Crippen MR) is 217 cm³/mol. The van der Waals surface area contributed by atoms with Gasteiger partial charge in [-0.3, -0.25) is 0 Å². The Morgan fingerprint density at radius 2 is 0.750 bits per heavy atom. The summed E-state index contributed by atoms with van der Waals surface area (Å²) in [6.07, 6.45) is -4.38. The molecule has 0 saturated heterocycles. The Hall–Kier alpha value is -5.88. The molecule has 0 aliphatic heterocycles. The summed E-state index contributed by atoms with van der Waals surface area (Å²) in [5, 5.41) is 23.6. The molecule has 0 spiro atoms. The van der Waals surface area contributed by atoms with Gasteiger partial charge in [0.1, 0.15) is 0 Å². The molecule has 0 bridgehead atoms. The SMILES string of the molecule is CC(C)(C)c1cc2c3cc4c(cc3n3c5cc(C#N)c6c(c5c(c1)c23)C(F)(F)CCC6(F)F)c1cc(C(C)(C)C)cc2c3c5c(c(C#N)cc3n4c12)C(F)(F)CCC5(F)F. The topological polar surface area (TPSA) is 56.4 Å². The number of aromatic nitrogens is 2. The van der Waals surface area contributed by atoms with Gasteiger partial charge in [-0.25, -0.2) is 35.1 Å². The summed E-state index contributed by atoms with van der Waals surface area (Å²) in [5.41, 5.74) is -1.82. The second-order valence-corrected chi connectivity index (χ2v) is 19.1. The molecule has 4 heterocycles. The van der Waals surface area contributed by atoms with Crippen LogP contribution in [0.1, 0.15) is 112 Å². The molecule has 0 radical (unpaired) electrons. The highest BCUT2D eigenvalue weighted by atomic mass is 19.3. The third-order valence-corrected chi connectivity index (χ3v) is 13.4. The molecular formula is C48H34F8N4. The van der Waals surface area contributed by atoms with E-state index >= 15 is 35.1 Å². The lowest BCUT2D eigenvalue weighted by atomic mass is 9.79. The number of halogens is 8. The van der Waals surface area contributed by atoms with Crippen LogP contribution in [-0.2, 0) is 34.5 Å². The minimum Gasteiger partial charge on any atom is -0.308 e. The molecule has 2 aliphatic carbocycles. The zero-order valence-corrected chi connectivity index (χ0v) is 33.3. The summed E-state index contributed by atoms with van der Waals surface area (Å²) in [4.78, 5) is 0. The Balaban J connectivity index is 1.40. The minimum atomic E-state index is -3.66. The van der Waals surface area contributed by atoms with Crippen LogP contribution in [0.5, 0.6) is 0 Å². The van der Waals surface area contributed by atoms with E-state index in [1.165, 1.54) is 12.1 Å². The van der Waals surface area contributed by atoms with Crippen LogP contribution < -0.4 is 0 Å². The number of alkyl halides is 8. The van der Waals surface area contributed by atoms with E-state index in [0.717, 1.165) is 11.1 Å². The lowest BCUT2D eigenvalue weighted by molar-refractivity contribution is -0.0947. The molecule has 0 unspecified atom stereocenters. The van der Waals surface area contributed by atoms with Gasteiger partial charge in [-0.05, 0) is 70.5 Å². The van der Waals surface area contributed by atoms with Gasteiger partial charge in [0.15, 0.2) is 0 Å². The van der Waals surface area contributed by atoms with Gasteiger partial charge in [-0.1, -0.05) is 41.5 Å². The van der Waals surface area contributed by atoms with E-state index in [1.54, 1.807) is 33.1 Å². The number of hydrogen-bond donors (Lipinski definition) is 0. The summed E-state index contributed by atoms with van der Waals surface area (Å²) in [7, 11) is 0. The normalized spacial score (nSPS) is 18.7. The molecule has 2 aliphatic rings. The maximum Gasteiger partial charge on any atom is 0.275 e. The van der Waals surface area contributed by atoms with E-state index < -0.39 is 93.6 Å². The fraction of sp³-hybridized carbons (Fsp3) is 0.333. The first kappa shape index (κ1) is 37.1. The zero-order valence-electron chi connectivity index (χ0n) is 33.3. The molecule has 11 rings (SSSR count). The van der Waals surface area contributed by atoms with Crippen LogP contribution in [0.3, 0.4) is 0 Å². The van der Waals surface area contributed by atoms with E-state index in [9.17, 15) is 10.5 Å². The molecule has 4 nitrogen and oxygen atoms in total. The molecular weight excluding hydrogens is 785 g/mol. The van der Waals surface area contributed by atoms with Crippen LogP contribution in [0.2, 0.25) is 0 Å². The van der Waals surface area contributed by atoms with E-state index in [4.69, 9.17) is 0 Å². The van der Waals surface area contributed by atoms with Gasteiger partial charge in [0.2, 0.25) is 0 Å². The summed E-state index contributed by atoms with van der Waals surface area (Å²) >= 11 is 0. The Kier molecular flexibility index (Phi) is 6.63. The first-order chi connectivity index (χ1) is 27.9. The number of nitrogens with zero attached hydrogens (tertiary/aromatic N) is 4. The van der Waals surface area contributed by atoms with Crippen LogP contribution >= 0.6 is 0 Å². The van der Waals surface area contributed by atoms with E-state index in [2.05, 4.69) is 0 Å². The first-order valence-corrected chi connectivity index (χ1v) is 19.8. The second kappa shape index (κ2) is 10.7. The molecule has 0 atom stereocenters. The molecule has 9 aromatic rings. The molecule has 4 aromatic heterocycles. The van der Waals surface area contributed by atoms with E-state index in [-0.39, 0.29) is 21.8 Å². The van der Waals surface area contributed by atoms with Crippen LogP contribution in [0.25, 0.3) is 76.2 Å². The Morgan fingerprint density at radius 1 is 0.433 bits per heavy atom. The maximum atomic E-state index is 16.2. The zero-order chi connectivity index (χ0) is 42.8. The maximum absolute atomic E-state index is 16.2. The van der Waals surface area contributed by atoms with Crippen molar-refractivity contribution in [3.63, 3.8) is 0 Å². The largest absolute Gasteiger partial charge is 0.308 e. The summed E-state index contributed by atoms with van der Waals surface area (Å²) < 4.78 is 131. The van der Waals surface area contributed by atoms with Crippen molar-refractivity contribution in [2.24, 2.45) is 0 Å². The average molecular weight is 819 g/mol. The van der Waals surface area contributed by atoms with E-state index in [1.807, 2.05) is 65.8 Å². The van der Waals surface area contributed by atoms with Gasteiger partial charge in [0.25, 0.3) is 23.7 Å². The Bertz CT molecular complexity index is 3310. The highest BCUT2D eigenvalue weighted by molar-refractivity contribution is 6.30. The Morgan fingerprint density at radius 3 is 1.07 bits per heavy atom. The van der Waals surface area contributed by atoms with Crippen LogP contribution in [0.4, 0.5) is 35.1 Å². The molecule has 12 heteroatoms. The van der Waals surface area contributed by atoms with Gasteiger partial charge in [0.05, 0.1) is 56.4 Å². The highest BCUT2D eigenvalue weighted by Gasteiger charge is 2.54. The molecule has 60 heavy (non-hydrogen) atoms. The number of nitriles is 2. The summed E-state index contributed by atoms with van der Waals surface area (Å²) in [6.45, 7) is 11.7.